The molecule has 0 aliphatic heterocycles. The van der Waals surface area contributed by atoms with Gasteiger partial charge in [0.25, 0.3) is 0 Å². The van der Waals surface area contributed by atoms with Crippen molar-refractivity contribution in [3.8, 4) is 11.3 Å². The maximum atomic E-state index is 6.24. The number of nitrogens with zero attached hydrogens (tertiary/aromatic N) is 1. The van der Waals surface area contributed by atoms with Gasteiger partial charge in [0.2, 0.25) is 0 Å². The quantitative estimate of drug-likeness (QED) is 0.256. The Morgan fingerprint density at radius 3 is 1.61 bits per heavy atom. The van der Waals surface area contributed by atoms with Gasteiger partial charge in [-0.1, -0.05) is 65.2 Å². The summed E-state index contributed by atoms with van der Waals surface area (Å²) in [4.78, 5) is 2.29. The van der Waals surface area contributed by atoms with Gasteiger partial charge < -0.3 is 9.32 Å². The van der Waals surface area contributed by atoms with Crippen molar-refractivity contribution in [3.63, 3.8) is 0 Å². The van der Waals surface area contributed by atoms with Crippen molar-refractivity contribution in [1.29, 1.82) is 0 Å². The Morgan fingerprint density at radius 2 is 1.08 bits per heavy atom. The van der Waals surface area contributed by atoms with E-state index in [0.717, 1.165) is 47.0 Å². The molecule has 0 saturated heterocycles. The Labute approximate surface area is 213 Å². The molecule has 0 saturated carbocycles. The molecule has 5 aromatic rings. The number of allylic oxidation sites excluding steroid dienone is 1. The van der Waals surface area contributed by atoms with Gasteiger partial charge in [0.15, 0.2) is 0 Å². The smallest absolute Gasteiger partial charge is 0.134 e. The lowest BCUT2D eigenvalue weighted by Crippen LogP contribution is -2.09. The van der Waals surface area contributed by atoms with Gasteiger partial charge in [-0.2, -0.15) is 0 Å². The van der Waals surface area contributed by atoms with Gasteiger partial charge in [-0.3, -0.25) is 0 Å². The van der Waals surface area contributed by atoms with Gasteiger partial charge in [-0.25, -0.2) is 0 Å². The zero-order valence-electron chi connectivity index (χ0n) is 20.7. The maximum Gasteiger partial charge on any atom is 0.134 e. The lowest BCUT2D eigenvalue weighted by atomic mass is 10.1. The Balaban J connectivity index is 1.27. The first-order valence-electron chi connectivity index (χ1n) is 12.5. The summed E-state index contributed by atoms with van der Waals surface area (Å²) in [6.45, 7) is 4.24. The molecule has 0 radical (unpaired) electrons. The molecule has 2 nitrogen and oxygen atoms in total. The van der Waals surface area contributed by atoms with Gasteiger partial charge in [0, 0.05) is 22.6 Å². The van der Waals surface area contributed by atoms with Crippen molar-refractivity contribution in [1.82, 2.24) is 0 Å². The number of anilines is 3. The highest BCUT2D eigenvalue weighted by Gasteiger charge is 2.16. The van der Waals surface area contributed by atoms with Crippen LogP contribution in [0.3, 0.4) is 0 Å². The second-order valence-electron chi connectivity index (χ2n) is 9.68. The van der Waals surface area contributed by atoms with Crippen molar-refractivity contribution in [2.45, 2.75) is 26.7 Å². The van der Waals surface area contributed by atoms with E-state index in [1.54, 1.807) is 0 Å². The highest BCUT2D eigenvalue weighted by atomic mass is 16.3. The van der Waals surface area contributed by atoms with Crippen molar-refractivity contribution in [2.24, 2.45) is 0 Å². The minimum atomic E-state index is 0.890. The zero-order chi connectivity index (χ0) is 24.5. The van der Waals surface area contributed by atoms with E-state index < -0.39 is 0 Å². The molecule has 1 aliphatic rings. The number of fused-ring (bicyclic) bond motifs is 1. The first kappa shape index (κ1) is 22.2. The number of aryl methyl sites for hydroxylation is 2. The molecule has 0 amide bonds. The Kier molecular flexibility index (Phi) is 5.79. The molecule has 0 N–H and O–H groups in total. The summed E-state index contributed by atoms with van der Waals surface area (Å²) >= 11 is 0. The number of benzene rings is 4. The third kappa shape index (κ3) is 4.50. The second kappa shape index (κ2) is 9.39. The van der Waals surface area contributed by atoms with Crippen LogP contribution in [-0.2, 0) is 12.8 Å². The van der Waals surface area contributed by atoms with Crippen LogP contribution in [0.1, 0.15) is 28.0 Å². The van der Waals surface area contributed by atoms with Gasteiger partial charge in [-0.05, 0) is 105 Å². The van der Waals surface area contributed by atoms with E-state index >= 15 is 0 Å². The molecule has 0 atom stereocenters. The molecule has 0 bridgehead atoms. The molecule has 1 aromatic heterocycles. The molecule has 4 aromatic carbocycles. The van der Waals surface area contributed by atoms with Crippen LogP contribution in [0.15, 0.2) is 119 Å². The minimum absolute atomic E-state index is 0.890. The Hall–Kier alpha value is -4.30. The Morgan fingerprint density at radius 1 is 0.583 bits per heavy atom. The van der Waals surface area contributed by atoms with E-state index in [1.807, 2.05) is 0 Å². The van der Waals surface area contributed by atoms with Crippen molar-refractivity contribution < 1.29 is 4.42 Å². The van der Waals surface area contributed by atoms with Gasteiger partial charge >= 0.3 is 0 Å². The van der Waals surface area contributed by atoms with Crippen LogP contribution in [0.25, 0.3) is 17.4 Å². The van der Waals surface area contributed by atoms with Crippen LogP contribution < -0.4 is 4.90 Å². The summed E-state index contributed by atoms with van der Waals surface area (Å²) < 4.78 is 6.24. The fraction of sp³-hybridized carbons (Fsp3) is 0.118. The van der Waals surface area contributed by atoms with Crippen LogP contribution in [-0.4, -0.2) is 0 Å². The van der Waals surface area contributed by atoms with Gasteiger partial charge in [-0.15, -0.1) is 0 Å². The fourth-order valence-corrected chi connectivity index (χ4v) is 4.95. The van der Waals surface area contributed by atoms with Crippen LogP contribution in [0.4, 0.5) is 17.1 Å². The third-order valence-electron chi connectivity index (χ3n) is 6.92. The monoisotopic (exact) mass is 467 g/mol. The standard InChI is InChI=1S/C34H29NO/c1-24-7-13-30(14-8-24)35(31-15-9-25(2)10-16-31)32-17-11-27(12-18-32)34-20-19-33(36-34)23-26-21-28-5-3-4-6-29(28)22-26/h3-20,23H,21-22H2,1-2H3. The topological polar surface area (TPSA) is 16.4 Å². The van der Waals surface area contributed by atoms with Gasteiger partial charge in [0.05, 0.1) is 0 Å². The van der Waals surface area contributed by atoms with E-state index in [0.29, 0.717) is 0 Å². The predicted octanol–water partition coefficient (Wildman–Crippen LogP) is 9.22. The molecule has 0 spiro atoms. The summed E-state index contributed by atoms with van der Waals surface area (Å²) in [7, 11) is 0. The van der Waals surface area contributed by atoms with E-state index in [4.69, 9.17) is 4.42 Å². The first-order valence-corrected chi connectivity index (χ1v) is 12.5. The SMILES string of the molecule is Cc1ccc(N(c2ccc(C)cc2)c2ccc(-c3ccc(C=C4Cc5ccccc5C4)o3)cc2)cc1. The maximum absolute atomic E-state index is 6.24. The number of furan rings is 1. The summed E-state index contributed by atoms with van der Waals surface area (Å²) in [6, 6.07) is 38.8. The van der Waals surface area contributed by atoms with Crippen molar-refractivity contribution in [2.75, 3.05) is 4.90 Å². The molecule has 0 fully saturated rings. The number of rotatable bonds is 5. The summed E-state index contributed by atoms with van der Waals surface area (Å²) in [5, 5.41) is 0. The van der Waals surface area contributed by atoms with E-state index in [-0.39, 0.29) is 0 Å². The highest BCUT2D eigenvalue weighted by molar-refractivity contribution is 5.78. The van der Waals surface area contributed by atoms with Crippen molar-refractivity contribution >= 4 is 23.1 Å². The average Bonchev–Trinajstić information content (AvgIpc) is 3.54. The molecule has 6 rings (SSSR count). The molecule has 0 unspecified atom stereocenters. The van der Waals surface area contributed by atoms with Gasteiger partial charge in [0.1, 0.15) is 11.5 Å². The molecule has 1 aliphatic carbocycles. The normalized spacial score (nSPS) is 12.4. The largest absolute Gasteiger partial charge is 0.457 e. The lowest BCUT2D eigenvalue weighted by Gasteiger charge is -2.26. The van der Waals surface area contributed by atoms with Crippen LogP contribution in [0.5, 0.6) is 0 Å². The average molecular weight is 468 g/mol. The fourth-order valence-electron chi connectivity index (χ4n) is 4.95. The van der Waals surface area contributed by atoms with Crippen LogP contribution in [0.2, 0.25) is 0 Å². The number of hydrogen-bond donors (Lipinski definition) is 0. The van der Waals surface area contributed by atoms with Crippen LogP contribution >= 0.6 is 0 Å². The molecular weight excluding hydrogens is 438 g/mol. The summed E-state index contributed by atoms with van der Waals surface area (Å²) in [6.07, 6.45) is 4.22. The van der Waals surface area contributed by atoms with Crippen LogP contribution in [0, 0.1) is 13.8 Å². The molecule has 176 valence electrons. The molecule has 2 heteroatoms. The Bertz CT molecular complexity index is 1450. The zero-order valence-corrected chi connectivity index (χ0v) is 20.7. The minimum Gasteiger partial charge on any atom is -0.457 e. The first-order chi connectivity index (χ1) is 17.6. The molecule has 36 heavy (non-hydrogen) atoms. The predicted molar refractivity (Wildman–Crippen MR) is 150 cm³/mol. The van der Waals surface area contributed by atoms with E-state index in [9.17, 15) is 0 Å². The number of hydrogen-bond acceptors (Lipinski definition) is 2. The summed E-state index contributed by atoms with van der Waals surface area (Å²) in [5.74, 6) is 1.80. The third-order valence-corrected chi connectivity index (χ3v) is 6.92. The molecular formula is C34H29NO. The molecule has 1 heterocycles. The highest BCUT2D eigenvalue weighted by Crippen LogP contribution is 2.36. The lowest BCUT2D eigenvalue weighted by molar-refractivity contribution is 0.571. The second-order valence-corrected chi connectivity index (χ2v) is 9.68. The van der Waals surface area contributed by atoms with E-state index in [2.05, 4.69) is 134 Å². The van der Waals surface area contributed by atoms with Crippen molar-refractivity contribution in [3.05, 3.63) is 143 Å². The summed E-state index contributed by atoms with van der Waals surface area (Å²) in [5.41, 5.74) is 11.2. The van der Waals surface area contributed by atoms with E-state index in [1.165, 1.54) is 27.8 Å².